The average Bonchev–Trinajstić information content (AvgIpc) is 2.26. The van der Waals surface area contributed by atoms with E-state index in [1.165, 1.54) is 7.11 Å². The van der Waals surface area contributed by atoms with Gasteiger partial charge >= 0.3 is 5.97 Å². The van der Waals surface area contributed by atoms with E-state index in [2.05, 4.69) is 10.1 Å². The fourth-order valence-corrected chi connectivity index (χ4v) is 2.91. The quantitative estimate of drug-likeness (QED) is 0.586. The molecular weight excluding hydrogens is 252 g/mol. The maximum atomic E-state index is 11.8. The van der Waals surface area contributed by atoms with E-state index in [1.807, 2.05) is 0 Å². The molecule has 1 fully saturated rings. The van der Waals surface area contributed by atoms with E-state index < -0.39 is 34.5 Å². The molecular formula is C8H14N2O6S. The van der Waals surface area contributed by atoms with Gasteiger partial charge in [0.1, 0.15) is 6.04 Å². The van der Waals surface area contributed by atoms with Crippen molar-refractivity contribution in [3.8, 4) is 0 Å². The van der Waals surface area contributed by atoms with Gasteiger partial charge in [-0.05, 0) is 0 Å². The summed E-state index contributed by atoms with van der Waals surface area (Å²) in [6.07, 6.45) is 0. The highest BCUT2D eigenvalue weighted by atomic mass is 32.2. The number of piperazine rings is 1. The Kier molecular flexibility index (Phi) is 4.43. The van der Waals surface area contributed by atoms with Crippen LogP contribution in [0.2, 0.25) is 0 Å². The van der Waals surface area contributed by atoms with Crippen LogP contribution in [0.3, 0.4) is 0 Å². The van der Waals surface area contributed by atoms with Gasteiger partial charge in [-0.15, -0.1) is 0 Å². The molecule has 8 nitrogen and oxygen atoms in total. The number of nitrogens with one attached hydrogen (secondary N) is 1. The Hall–Kier alpha value is -1.19. The molecule has 1 heterocycles. The lowest BCUT2D eigenvalue weighted by atomic mass is 10.2. The fraction of sp³-hybridized carbons (Fsp3) is 0.750. The van der Waals surface area contributed by atoms with Crippen molar-refractivity contribution in [3.05, 3.63) is 0 Å². The van der Waals surface area contributed by atoms with Crippen LogP contribution in [0.5, 0.6) is 0 Å². The lowest BCUT2D eigenvalue weighted by Crippen LogP contribution is -2.59. The van der Waals surface area contributed by atoms with Crippen molar-refractivity contribution in [1.29, 1.82) is 0 Å². The van der Waals surface area contributed by atoms with Gasteiger partial charge in [0.2, 0.25) is 15.9 Å². The molecule has 1 saturated heterocycles. The Morgan fingerprint density at radius 2 is 2.29 bits per heavy atom. The number of carbonyl (C=O) groups is 2. The summed E-state index contributed by atoms with van der Waals surface area (Å²) in [6, 6.07) is -1.26. The Labute approximate surface area is 98.6 Å². The average molecular weight is 266 g/mol. The second kappa shape index (κ2) is 5.43. The third-order valence-electron chi connectivity index (χ3n) is 2.33. The van der Waals surface area contributed by atoms with Crippen LogP contribution in [0.15, 0.2) is 0 Å². The molecule has 1 atom stereocenters. The molecule has 1 unspecified atom stereocenters. The molecule has 0 radical (unpaired) electrons. The highest BCUT2D eigenvalue weighted by molar-refractivity contribution is 7.89. The number of nitrogens with zero attached hydrogens (tertiary/aromatic N) is 1. The molecule has 0 spiro atoms. The van der Waals surface area contributed by atoms with Gasteiger partial charge in [-0.2, -0.15) is 4.31 Å². The first kappa shape index (κ1) is 13.9. The number of ether oxygens (including phenoxy) is 1. The van der Waals surface area contributed by atoms with Crippen molar-refractivity contribution in [2.24, 2.45) is 0 Å². The molecule has 98 valence electrons. The second-order valence-corrected chi connectivity index (χ2v) is 5.55. The number of amides is 1. The molecule has 17 heavy (non-hydrogen) atoms. The number of carboxylic acids is 1. The molecule has 1 amide bonds. The second-order valence-electron chi connectivity index (χ2n) is 3.51. The minimum atomic E-state index is -3.81. The molecule has 0 saturated carbocycles. The number of rotatable bonds is 5. The van der Waals surface area contributed by atoms with Crippen molar-refractivity contribution >= 4 is 21.9 Å². The molecule has 0 aromatic rings. The molecule has 2 N–H and O–H groups in total. The Bertz CT molecular complexity index is 406. The van der Waals surface area contributed by atoms with Crippen LogP contribution in [-0.4, -0.2) is 68.3 Å². The van der Waals surface area contributed by atoms with E-state index in [0.29, 0.717) is 4.31 Å². The van der Waals surface area contributed by atoms with Gasteiger partial charge in [-0.25, -0.2) is 8.42 Å². The van der Waals surface area contributed by atoms with Crippen molar-refractivity contribution in [2.75, 3.05) is 32.6 Å². The normalized spacial score (nSPS) is 22.2. The number of carbonyl (C=O) groups excluding carboxylic acids is 1. The molecule has 0 bridgehead atoms. The van der Waals surface area contributed by atoms with Crippen LogP contribution >= 0.6 is 0 Å². The maximum absolute atomic E-state index is 11.8. The van der Waals surface area contributed by atoms with E-state index in [0.717, 1.165) is 0 Å². The monoisotopic (exact) mass is 266 g/mol. The zero-order valence-corrected chi connectivity index (χ0v) is 10.1. The molecule has 1 aliphatic heterocycles. The molecule has 0 aromatic carbocycles. The Balaban J connectivity index is 2.89. The fourth-order valence-electron chi connectivity index (χ4n) is 1.43. The van der Waals surface area contributed by atoms with Gasteiger partial charge in [-0.3, -0.25) is 9.59 Å². The first-order valence-electron chi connectivity index (χ1n) is 4.86. The van der Waals surface area contributed by atoms with Crippen molar-refractivity contribution in [1.82, 2.24) is 9.62 Å². The summed E-state index contributed by atoms with van der Waals surface area (Å²) in [4.78, 5) is 22.0. The first-order chi connectivity index (χ1) is 7.88. The summed E-state index contributed by atoms with van der Waals surface area (Å²) in [5.74, 6) is -2.14. The molecule has 0 aromatic heterocycles. The summed E-state index contributed by atoms with van der Waals surface area (Å²) in [7, 11) is -2.47. The zero-order chi connectivity index (χ0) is 13.1. The SMILES string of the molecule is COCCS(=O)(=O)N1CC(=O)NCC1C(=O)O. The Morgan fingerprint density at radius 1 is 1.65 bits per heavy atom. The van der Waals surface area contributed by atoms with E-state index in [4.69, 9.17) is 5.11 Å². The van der Waals surface area contributed by atoms with Gasteiger partial charge in [0.15, 0.2) is 0 Å². The summed E-state index contributed by atoms with van der Waals surface area (Å²) >= 11 is 0. The number of sulfonamides is 1. The van der Waals surface area contributed by atoms with Gasteiger partial charge in [-0.1, -0.05) is 0 Å². The van der Waals surface area contributed by atoms with Crippen LogP contribution in [-0.2, 0) is 24.3 Å². The van der Waals surface area contributed by atoms with Crippen LogP contribution in [0.1, 0.15) is 0 Å². The number of methoxy groups -OCH3 is 1. The predicted octanol–water partition coefficient (Wildman–Crippen LogP) is -2.15. The van der Waals surface area contributed by atoms with Crippen molar-refractivity contribution in [2.45, 2.75) is 6.04 Å². The topological polar surface area (TPSA) is 113 Å². The highest BCUT2D eigenvalue weighted by Crippen LogP contribution is 2.11. The number of hydrogen-bond donors (Lipinski definition) is 2. The van der Waals surface area contributed by atoms with Gasteiger partial charge in [0.25, 0.3) is 0 Å². The minimum absolute atomic E-state index is 0.0488. The summed E-state index contributed by atoms with van der Waals surface area (Å²) in [5, 5.41) is 11.2. The molecule has 1 aliphatic rings. The molecule has 9 heteroatoms. The van der Waals surface area contributed by atoms with Crippen LogP contribution in [0.4, 0.5) is 0 Å². The van der Waals surface area contributed by atoms with Gasteiger partial charge < -0.3 is 15.2 Å². The predicted molar refractivity (Wildman–Crippen MR) is 56.8 cm³/mol. The van der Waals surface area contributed by atoms with Crippen LogP contribution in [0.25, 0.3) is 0 Å². The number of hydrogen-bond acceptors (Lipinski definition) is 5. The lowest BCUT2D eigenvalue weighted by Gasteiger charge is -2.31. The summed E-state index contributed by atoms with van der Waals surface area (Å²) in [6.45, 7) is -0.740. The van der Waals surface area contributed by atoms with Gasteiger partial charge in [0, 0.05) is 13.7 Å². The lowest BCUT2D eigenvalue weighted by molar-refractivity contribution is -0.143. The van der Waals surface area contributed by atoms with Crippen LogP contribution in [0, 0.1) is 0 Å². The van der Waals surface area contributed by atoms with Crippen LogP contribution < -0.4 is 5.32 Å². The van der Waals surface area contributed by atoms with Crippen molar-refractivity contribution < 1.29 is 27.9 Å². The number of carboxylic acid groups (broad SMARTS) is 1. The zero-order valence-electron chi connectivity index (χ0n) is 9.25. The van der Waals surface area contributed by atoms with E-state index in [9.17, 15) is 18.0 Å². The standard InChI is InChI=1S/C8H14N2O6S/c1-16-2-3-17(14,15)10-5-7(11)9-4-6(10)8(12)13/h6H,2-5H2,1H3,(H,9,11)(H,12,13). The molecule has 0 aliphatic carbocycles. The first-order valence-corrected chi connectivity index (χ1v) is 6.47. The third kappa shape index (κ3) is 3.38. The van der Waals surface area contributed by atoms with E-state index >= 15 is 0 Å². The van der Waals surface area contributed by atoms with Gasteiger partial charge in [0.05, 0.1) is 18.9 Å². The largest absolute Gasteiger partial charge is 0.480 e. The van der Waals surface area contributed by atoms with E-state index in [1.54, 1.807) is 0 Å². The van der Waals surface area contributed by atoms with E-state index in [-0.39, 0.29) is 18.9 Å². The third-order valence-corrected chi connectivity index (χ3v) is 4.11. The Morgan fingerprint density at radius 3 is 2.82 bits per heavy atom. The smallest absolute Gasteiger partial charge is 0.323 e. The minimum Gasteiger partial charge on any atom is -0.480 e. The number of aliphatic carboxylic acids is 1. The maximum Gasteiger partial charge on any atom is 0.323 e. The molecule has 1 rings (SSSR count). The highest BCUT2D eigenvalue weighted by Gasteiger charge is 2.39. The van der Waals surface area contributed by atoms with Crippen molar-refractivity contribution in [3.63, 3.8) is 0 Å². The summed E-state index contributed by atoms with van der Waals surface area (Å²) in [5.41, 5.74) is 0. The summed E-state index contributed by atoms with van der Waals surface area (Å²) < 4.78 is 29.0.